The molecule has 0 bridgehead atoms. The molecule has 0 saturated carbocycles. The third-order valence-corrected chi connectivity index (χ3v) is 4.67. The van der Waals surface area contributed by atoms with Crippen LogP contribution < -0.4 is 14.9 Å². The number of hydrogen-bond acceptors (Lipinski definition) is 5. The molecule has 0 aliphatic rings. The Bertz CT molecular complexity index is 1030. The molecule has 0 unspecified atom stereocenters. The van der Waals surface area contributed by atoms with Gasteiger partial charge in [-0.3, -0.25) is 9.52 Å². The number of anilines is 1. The molecule has 0 atom stereocenters. The summed E-state index contributed by atoms with van der Waals surface area (Å²) in [7, 11) is -3.52. The lowest BCUT2D eigenvalue weighted by Gasteiger charge is -2.13. The molecule has 0 radical (unpaired) electrons. The topological polar surface area (TPSA) is 85.6 Å². The van der Waals surface area contributed by atoms with Gasteiger partial charge < -0.3 is 9.15 Å². The lowest BCUT2D eigenvalue weighted by atomic mass is 10.2. The van der Waals surface area contributed by atoms with Crippen molar-refractivity contribution in [2.45, 2.75) is 6.92 Å². The van der Waals surface area contributed by atoms with Crippen LogP contribution in [-0.2, 0) is 10.0 Å². The van der Waals surface area contributed by atoms with Gasteiger partial charge in [-0.2, -0.15) is 0 Å². The number of hydrogen-bond donors (Lipinski definition) is 1. The van der Waals surface area contributed by atoms with Crippen LogP contribution in [0.4, 0.5) is 5.69 Å². The van der Waals surface area contributed by atoms with Crippen LogP contribution in [0.2, 0.25) is 0 Å². The predicted octanol–water partition coefficient (Wildman–Crippen LogP) is 3.35. The van der Waals surface area contributed by atoms with Gasteiger partial charge in [0, 0.05) is 12.1 Å². The van der Waals surface area contributed by atoms with Crippen molar-refractivity contribution in [2.75, 3.05) is 10.5 Å². The summed E-state index contributed by atoms with van der Waals surface area (Å²) in [5.41, 5.74) is 0.248. The monoisotopic (exact) mass is 345 g/mol. The van der Waals surface area contributed by atoms with Gasteiger partial charge in [0.15, 0.2) is 11.2 Å². The number of ether oxygens (including phenoxy) is 1. The predicted molar refractivity (Wildman–Crippen MR) is 92.1 cm³/mol. The molecule has 0 saturated heterocycles. The highest BCUT2D eigenvalue weighted by atomic mass is 32.2. The van der Waals surface area contributed by atoms with Crippen LogP contribution in [0.25, 0.3) is 11.0 Å². The van der Waals surface area contributed by atoms with E-state index in [2.05, 4.69) is 4.72 Å². The molecule has 0 fully saturated rings. The van der Waals surface area contributed by atoms with Crippen molar-refractivity contribution < 1.29 is 17.6 Å². The van der Waals surface area contributed by atoms with Crippen LogP contribution in [-0.4, -0.2) is 14.2 Å². The van der Waals surface area contributed by atoms with E-state index in [0.717, 1.165) is 0 Å². The van der Waals surface area contributed by atoms with E-state index in [4.69, 9.17) is 9.15 Å². The minimum Gasteiger partial charge on any atom is -0.464 e. The Hall–Kier alpha value is -2.80. The first-order valence-corrected chi connectivity index (χ1v) is 8.93. The van der Waals surface area contributed by atoms with Gasteiger partial charge in [0.1, 0.15) is 11.3 Å². The maximum absolute atomic E-state index is 12.0. The number of fused-ring (bicyclic) bond motifs is 1. The van der Waals surface area contributed by atoms with Gasteiger partial charge in [0.05, 0.1) is 23.1 Å². The number of nitrogens with one attached hydrogen (secondary N) is 1. The molecule has 6 nitrogen and oxygen atoms in total. The average Bonchev–Trinajstić information content (AvgIpc) is 2.57. The Balaban J connectivity index is 2.15. The first-order valence-electron chi connectivity index (χ1n) is 7.27. The number of benzene rings is 2. The van der Waals surface area contributed by atoms with Crippen LogP contribution in [0.15, 0.2) is 64.0 Å². The summed E-state index contributed by atoms with van der Waals surface area (Å²) in [4.78, 5) is 12.0. The Morgan fingerprint density at radius 3 is 2.58 bits per heavy atom. The normalized spacial score (nSPS) is 11.4. The van der Waals surface area contributed by atoms with Gasteiger partial charge >= 0.3 is 0 Å². The highest BCUT2D eigenvalue weighted by Gasteiger charge is 2.15. The van der Waals surface area contributed by atoms with E-state index in [-0.39, 0.29) is 28.2 Å². The molecule has 124 valence electrons. The Labute approximate surface area is 138 Å². The van der Waals surface area contributed by atoms with Gasteiger partial charge in [0.2, 0.25) is 10.0 Å². The summed E-state index contributed by atoms with van der Waals surface area (Å²) >= 11 is 0. The average molecular weight is 345 g/mol. The highest BCUT2D eigenvalue weighted by molar-refractivity contribution is 7.92. The minimum absolute atomic E-state index is 0.0887. The van der Waals surface area contributed by atoms with E-state index in [1.165, 1.54) is 31.4 Å². The van der Waals surface area contributed by atoms with Crippen LogP contribution in [0.3, 0.4) is 0 Å². The second kappa shape index (κ2) is 6.37. The van der Waals surface area contributed by atoms with Crippen molar-refractivity contribution in [3.05, 3.63) is 65.0 Å². The molecule has 2 aromatic carbocycles. The van der Waals surface area contributed by atoms with Gasteiger partial charge in [-0.05, 0) is 25.1 Å². The zero-order chi connectivity index (χ0) is 17.2. The standard InChI is InChI=1S/C17H15NO5S/c1-2-24(20,21)18-14-11-16-13(15(19)8-9-22-16)10-17(14)23-12-6-4-3-5-7-12/h3-11,18H,2H2,1H3. The van der Waals surface area contributed by atoms with Crippen LogP contribution in [0.1, 0.15) is 6.92 Å². The van der Waals surface area contributed by atoms with Crippen molar-refractivity contribution >= 4 is 26.7 Å². The van der Waals surface area contributed by atoms with Crippen molar-refractivity contribution in [2.24, 2.45) is 0 Å². The van der Waals surface area contributed by atoms with Gasteiger partial charge in [0.25, 0.3) is 0 Å². The van der Waals surface area contributed by atoms with Gasteiger partial charge in [-0.25, -0.2) is 8.42 Å². The SMILES string of the molecule is CCS(=O)(=O)Nc1cc2occc(=O)c2cc1Oc1ccccc1. The largest absolute Gasteiger partial charge is 0.464 e. The Morgan fingerprint density at radius 1 is 1.12 bits per heavy atom. The molecule has 0 aliphatic heterocycles. The molecular formula is C17H15NO5S. The molecule has 3 rings (SSSR count). The van der Waals surface area contributed by atoms with Crippen molar-refractivity contribution in [3.8, 4) is 11.5 Å². The fourth-order valence-corrected chi connectivity index (χ4v) is 2.77. The van der Waals surface area contributed by atoms with Crippen molar-refractivity contribution in [1.82, 2.24) is 0 Å². The molecular weight excluding hydrogens is 330 g/mol. The summed E-state index contributed by atoms with van der Waals surface area (Å²) in [6, 6.07) is 13.1. The summed E-state index contributed by atoms with van der Waals surface area (Å²) in [5.74, 6) is 0.660. The first kappa shape index (κ1) is 16.1. The van der Waals surface area contributed by atoms with Crippen LogP contribution in [0.5, 0.6) is 11.5 Å². The van der Waals surface area contributed by atoms with E-state index in [1.807, 2.05) is 6.07 Å². The quantitative estimate of drug-likeness (QED) is 0.766. The first-order chi connectivity index (χ1) is 11.5. The molecule has 3 aromatic rings. The van der Waals surface area contributed by atoms with Crippen molar-refractivity contribution in [3.63, 3.8) is 0 Å². The van der Waals surface area contributed by atoms with Crippen molar-refractivity contribution in [1.29, 1.82) is 0 Å². The molecule has 1 aromatic heterocycles. The third kappa shape index (κ3) is 3.41. The fourth-order valence-electron chi connectivity index (χ4n) is 2.13. The van der Waals surface area contributed by atoms with E-state index in [0.29, 0.717) is 11.1 Å². The Kier molecular flexibility index (Phi) is 4.26. The summed E-state index contributed by atoms with van der Waals surface area (Å²) in [6.07, 6.45) is 1.26. The van der Waals surface area contributed by atoms with E-state index >= 15 is 0 Å². The maximum atomic E-state index is 12.0. The van der Waals surface area contributed by atoms with Gasteiger partial charge in [-0.15, -0.1) is 0 Å². The van der Waals surface area contributed by atoms with E-state index < -0.39 is 10.0 Å². The second-order valence-electron chi connectivity index (χ2n) is 5.05. The lowest BCUT2D eigenvalue weighted by molar-refractivity contribution is 0.485. The Morgan fingerprint density at radius 2 is 1.88 bits per heavy atom. The molecule has 0 spiro atoms. The van der Waals surface area contributed by atoms with Gasteiger partial charge in [-0.1, -0.05) is 18.2 Å². The van der Waals surface area contributed by atoms with Crippen LogP contribution >= 0.6 is 0 Å². The molecule has 1 N–H and O–H groups in total. The molecule has 1 heterocycles. The summed E-state index contributed by atoms with van der Waals surface area (Å²) < 4.78 is 37.3. The summed E-state index contributed by atoms with van der Waals surface area (Å²) in [6.45, 7) is 1.53. The fraction of sp³-hybridized carbons (Fsp3) is 0.118. The minimum atomic E-state index is -3.52. The highest BCUT2D eigenvalue weighted by Crippen LogP contribution is 2.33. The lowest BCUT2D eigenvalue weighted by Crippen LogP contribution is -2.15. The third-order valence-electron chi connectivity index (χ3n) is 3.38. The molecule has 0 aliphatic carbocycles. The number of para-hydroxylation sites is 1. The van der Waals surface area contributed by atoms with E-state index in [9.17, 15) is 13.2 Å². The number of sulfonamides is 1. The second-order valence-corrected chi connectivity index (χ2v) is 7.06. The van der Waals surface area contributed by atoms with E-state index in [1.54, 1.807) is 24.3 Å². The summed E-state index contributed by atoms with van der Waals surface area (Å²) in [5, 5.41) is 0.308. The molecule has 0 amide bonds. The zero-order valence-corrected chi connectivity index (χ0v) is 13.7. The molecule has 7 heteroatoms. The number of rotatable bonds is 5. The molecule has 24 heavy (non-hydrogen) atoms. The maximum Gasteiger partial charge on any atom is 0.232 e. The smallest absolute Gasteiger partial charge is 0.232 e. The zero-order valence-electron chi connectivity index (χ0n) is 12.9. The van der Waals surface area contributed by atoms with Crippen LogP contribution in [0, 0.1) is 0 Å².